The predicted molar refractivity (Wildman–Crippen MR) is 144 cm³/mol. The number of carbonyl (C=O) groups excluding carboxylic acids is 2. The van der Waals surface area contributed by atoms with Crippen LogP contribution in [0.15, 0.2) is 42.0 Å². The Morgan fingerprint density at radius 3 is 2.51 bits per heavy atom. The van der Waals surface area contributed by atoms with Crippen LogP contribution in [0.4, 0.5) is 15.8 Å². The molecular formula is C26H24Cl2FN3O2S. The van der Waals surface area contributed by atoms with Gasteiger partial charge >= 0.3 is 0 Å². The van der Waals surface area contributed by atoms with Gasteiger partial charge in [-0.2, -0.15) is 0 Å². The molecule has 2 aromatic carbocycles. The summed E-state index contributed by atoms with van der Waals surface area (Å²) < 4.78 is 15.4. The third-order valence-corrected chi connectivity index (χ3v) is 7.13. The molecule has 1 N–H and O–H groups in total. The van der Waals surface area contributed by atoms with E-state index in [1.807, 2.05) is 6.92 Å². The Kier molecular flexibility index (Phi) is 6.79. The Morgan fingerprint density at radius 2 is 1.86 bits per heavy atom. The summed E-state index contributed by atoms with van der Waals surface area (Å²) in [5.41, 5.74) is 2.59. The van der Waals surface area contributed by atoms with Gasteiger partial charge in [0.05, 0.1) is 21.3 Å². The summed E-state index contributed by atoms with van der Waals surface area (Å²) >= 11 is 17.3. The van der Waals surface area contributed by atoms with Crippen LogP contribution in [-0.2, 0) is 9.59 Å². The average Bonchev–Trinajstić information content (AvgIpc) is 2.76. The molecule has 0 aliphatic carbocycles. The van der Waals surface area contributed by atoms with Crippen LogP contribution >= 0.6 is 35.4 Å². The van der Waals surface area contributed by atoms with Crippen LogP contribution in [0.25, 0.3) is 11.6 Å². The number of amides is 2. The fourth-order valence-electron chi connectivity index (χ4n) is 4.53. The number of nitrogens with one attached hydrogen (secondary N) is 1. The number of rotatable bonds is 4. The van der Waals surface area contributed by atoms with E-state index in [1.165, 1.54) is 24.3 Å². The van der Waals surface area contributed by atoms with E-state index in [2.05, 4.69) is 37.1 Å². The summed E-state index contributed by atoms with van der Waals surface area (Å²) in [4.78, 5) is 29.3. The Morgan fingerprint density at radius 1 is 1.14 bits per heavy atom. The Labute approximate surface area is 219 Å². The van der Waals surface area contributed by atoms with Crippen LogP contribution in [0.5, 0.6) is 0 Å². The average molecular weight is 532 g/mol. The van der Waals surface area contributed by atoms with Gasteiger partial charge in [-0.25, -0.2) is 4.39 Å². The van der Waals surface area contributed by atoms with Crippen molar-refractivity contribution in [3.05, 3.63) is 69.0 Å². The summed E-state index contributed by atoms with van der Waals surface area (Å²) in [7, 11) is 0. The molecule has 1 saturated heterocycles. The number of hydrogen-bond donors (Lipinski definition) is 1. The minimum absolute atomic E-state index is 0.0994. The first-order chi connectivity index (χ1) is 16.4. The number of nitrogens with zero attached hydrogens (tertiary/aromatic N) is 2. The SMILES string of the molecule is CCCN1c2cc(F)c(/C=C3/C(=O)NC(=S)N(c4ccc(Cl)c(Cl)c4)C3=O)cc2C(C)=CC1(C)C. The Bertz CT molecular complexity index is 1340. The molecule has 2 aliphatic rings. The third kappa shape index (κ3) is 4.60. The van der Waals surface area contributed by atoms with Crippen molar-refractivity contribution in [3.63, 3.8) is 0 Å². The van der Waals surface area contributed by atoms with Crippen LogP contribution in [-0.4, -0.2) is 29.0 Å². The van der Waals surface area contributed by atoms with Crippen molar-refractivity contribution in [2.24, 2.45) is 0 Å². The number of hydrogen-bond acceptors (Lipinski definition) is 4. The van der Waals surface area contributed by atoms with Gasteiger partial charge in [-0.1, -0.05) is 36.2 Å². The van der Waals surface area contributed by atoms with Gasteiger partial charge in [0.2, 0.25) is 0 Å². The van der Waals surface area contributed by atoms with Crippen LogP contribution in [0.1, 0.15) is 45.2 Å². The summed E-state index contributed by atoms with van der Waals surface area (Å²) in [6, 6.07) is 7.71. The summed E-state index contributed by atoms with van der Waals surface area (Å²) in [5, 5.41) is 2.94. The summed E-state index contributed by atoms with van der Waals surface area (Å²) in [6.45, 7) is 9.00. The lowest BCUT2D eigenvalue weighted by Gasteiger charge is -2.43. The molecule has 9 heteroatoms. The Balaban J connectivity index is 1.79. The van der Waals surface area contributed by atoms with Crippen LogP contribution in [0, 0.1) is 5.82 Å². The largest absolute Gasteiger partial charge is 0.362 e. The molecule has 0 unspecified atom stereocenters. The van der Waals surface area contributed by atoms with E-state index in [0.717, 1.165) is 34.7 Å². The standard InChI is InChI=1S/C26H24Cl2FN3O2S/c1-5-8-31-22-12-21(29)15(9-17(22)14(2)13-26(31,3)4)10-18-23(33)30-25(35)32(24(18)34)16-6-7-19(27)20(28)11-16/h6-7,9-13H,5,8H2,1-4H3,(H,30,33,35)/b18-10-. The van der Waals surface area contributed by atoms with E-state index in [0.29, 0.717) is 10.7 Å². The Hall–Kier alpha value is -2.74. The zero-order valence-corrected chi connectivity index (χ0v) is 22.0. The molecule has 4 rings (SSSR count). The molecule has 0 radical (unpaired) electrons. The van der Waals surface area contributed by atoms with Gasteiger partial charge in [0, 0.05) is 23.4 Å². The number of halogens is 3. The van der Waals surface area contributed by atoms with Gasteiger partial charge in [-0.05, 0) is 81.4 Å². The summed E-state index contributed by atoms with van der Waals surface area (Å²) in [6.07, 6.45) is 4.31. The van der Waals surface area contributed by atoms with E-state index >= 15 is 4.39 Å². The van der Waals surface area contributed by atoms with Crippen LogP contribution < -0.4 is 15.1 Å². The predicted octanol–water partition coefficient (Wildman–Crippen LogP) is 6.38. The van der Waals surface area contributed by atoms with Gasteiger partial charge in [0.15, 0.2) is 5.11 Å². The highest BCUT2D eigenvalue weighted by atomic mass is 35.5. The molecule has 2 heterocycles. The first kappa shape index (κ1) is 25.4. The van der Waals surface area contributed by atoms with Crippen molar-refractivity contribution in [1.29, 1.82) is 0 Å². The number of benzene rings is 2. The van der Waals surface area contributed by atoms with Crippen molar-refractivity contribution in [1.82, 2.24) is 5.32 Å². The van der Waals surface area contributed by atoms with Crippen LogP contribution in [0.3, 0.4) is 0 Å². The van der Waals surface area contributed by atoms with E-state index in [1.54, 1.807) is 12.1 Å². The highest BCUT2D eigenvalue weighted by Crippen LogP contribution is 2.40. The van der Waals surface area contributed by atoms with Gasteiger partial charge < -0.3 is 4.90 Å². The van der Waals surface area contributed by atoms with Crippen molar-refractivity contribution in [2.45, 2.75) is 39.7 Å². The molecule has 35 heavy (non-hydrogen) atoms. The number of thiocarbonyl (C=S) groups is 1. The molecule has 182 valence electrons. The van der Waals surface area contributed by atoms with Crippen LogP contribution in [0.2, 0.25) is 10.0 Å². The molecule has 2 amide bonds. The fraction of sp³-hybridized carbons (Fsp3) is 0.269. The second-order valence-corrected chi connectivity index (χ2v) is 10.3. The maximum atomic E-state index is 15.4. The summed E-state index contributed by atoms with van der Waals surface area (Å²) in [5.74, 6) is -1.91. The smallest absolute Gasteiger partial charge is 0.270 e. The lowest BCUT2D eigenvalue weighted by molar-refractivity contribution is -0.122. The van der Waals surface area contributed by atoms with Gasteiger partial charge in [0.1, 0.15) is 11.4 Å². The molecule has 0 spiro atoms. The number of anilines is 2. The molecule has 0 bridgehead atoms. The fourth-order valence-corrected chi connectivity index (χ4v) is 5.10. The van der Waals surface area contributed by atoms with Gasteiger partial charge in [0.25, 0.3) is 11.8 Å². The topological polar surface area (TPSA) is 52.7 Å². The maximum absolute atomic E-state index is 15.4. The van der Waals surface area contributed by atoms with Crippen molar-refractivity contribution in [2.75, 3.05) is 16.3 Å². The molecule has 1 fully saturated rings. The second kappa shape index (κ2) is 9.37. The lowest BCUT2D eigenvalue weighted by atomic mass is 9.87. The normalized spacial score (nSPS) is 18.5. The van der Waals surface area contributed by atoms with Crippen molar-refractivity contribution >= 4 is 75.4 Å². The highest BCUT2D eigenvalue weighted by Gasteiger charge is 2.36. The van der Waals surface area contributed by atoms with E-state index in [-0.39, 0.29) is 26.8 Å². The molecule has 0 aromatic heterocycles. The van der Waals surface area contributed by atoms with E-state index in [4.69, 9.17) is 35.4 Å². The molecular weight excluding hydrogens is 508 g/mol. The first-order valence-corrected chi connectivity index (χ1v) is 12.3. The van der Waals surface area contributed by atoms with E-state index in [9.17, 15) is 9.59 Å². The minimum Gasteiger partial charge on any atom is -0.362 e. The number of allylic oxidation sites excluding steroid dienone is 1. The van der Waals surface area contributed by atoms with Gasteiger partial charge in [-0.15, -0.1) is 0 Å². The molecule has 2 aromatic rings. The van der Waals surface area contributed by atoms with Gasteiger partial charge in [-0.3, -0.25) is 19.8 Å². The molecule has 0 saturated carbocycles. The molecule has 2 aliphatic heterocycles. The minimum atomic E-state index is -0.700. The monoisotopic (exact) mass is 531 g/mol. The molecule has 5 nitrogen and oxygen atoms in total. The third-order valence-electron chi connectivity index (χ3n) is 6.11. The van der Waals surface area contributed by atoms with Crippen molar-refractivity contribution in [3.8, 4) is 0 Å². The first-order valence-electron chi connectivity index (χ1n) is 11.1. The number of carbonyl (C=O) groups is 2. The molecule has 0 atom stereocenters. The van der Waals surface area contributed by atoms with E-state index < -0.39 is 17.6 Å². The quantitative estimate of drug-likeness (QED) is 0.282. The van der Waals surface area contributed by atoms with Crippen molar-refractivity contribution < 1.29 is 14.0 Å². The lowest BCUT2D eigenvalue weighted by Crippen LogP contribution is -2.54. The zero-order valence-electron chi connectivity index (χ0n) is 19.7. The zero-order chi connectivity index (χ0) is 25.7. The highest BCUT2D eigenvalue weighted by molar-refractivity contribution is 7.80. The second-order valence-electron chi connectivity index (χ2n) is 9.08. The number of fused-ring (bicyclic) bond motifs is 1. The maximum Gasteiger partial charge on any atom is 0.270 e.